The Morgan fingerprint density at radius 2 is 2.29 bits per heavy atom. The minimum Gasteiger partial charge on any atom is -0.339 e. The van der Waals surface area contributed by atoms with Gasteiger partial charge < -0.3 is 5.32 Å². The minimum absolute atomic E-state index is 0.133. The molecule has 0 aromatic heterocycles. The summed E-state index contributed by atoms with van der Waals surface area (Å²) in [5, 5.41) is 6.22. The maximum atomic E-state index is 11.1. The summed E-state index contributed by atoms with van der Waals surface area (Å²) in [5.74, 6) is 1.26. The molecule has 1 fully saturated rings. The van der Waals surface area contributed by atoms with Crippen molar-refractivity contribution < 1.29 is 4.79 Å². The Hall–Kier alpha value is -0.830. The zero-order chi connectivity index (χ0) is 10.1. The van der Waals surface area contributed by atoms with Crippen LogP contribution in [0, 0.1) is 11.8 Å². The number of carbonyl (C=O) groups is 1. The molecule has 14 heavy (non-hydrogen) atoms. The van der Waals surface area contributed by atoms with Gasteiger partial charge in [0.1, 0.15) is 0 Å². The van der Waals surface area contributed by atoms with Gasteiger partial charge in [0.2, 0.25) is 5.91 Å². The first-order valence-electron chi connectivity index (χ1n) is 5.37. The molecular formula is C11H18N2O. The standard InChI is InChI=1S/C11H18N2O/c1-7-3-4-9(8(2)5-7)11-12-6-10(14)13-11/h5,8-9,11-12H,3-4,6H2,1-2H3,(H,13,14)/t8-,9+,11?/m0/s1. The van der Waals surface area contributed by atoms with Crippen molar-refractivity contribution in [3.05, 3.63) is 11.6 Å². The first kappa shape index (κ1) is 9.71. The molecule has 2 aliphatic rings. The van der Waals surface area contributed by atoms with E-state index < -0.39 is 0 Å². The predicted molar refractivity (Wildman–Crippen MR) is 55.6 cm³/mol. The Labute approximate surface area is 84.9 Å². The fraction of sp³-hybridized carbons (Fsp3) is 0.727. The molecule has 0 aromatic carbocycles. The van der Waals surface area contributed by atoms with Gasteiger partial charge >= 0.3 is 0 Å². The highest BCUT2D eigenvalue weighted by Gasteiger charge is 2.32. The lowest BCUT2D eigenvalue weighted by Gasteiger charge is -2.31. The summed E-state index contributed by atoms with van der Waals surface area (Å²) in [4.78, 5) is 11.1. The molecule has 1 amide bonds. The molecule has 2 rings (SSSR count). The molecule has 3 atom stereocenters. The number of amides is 1. The average molecular weight is 194 g/mol. The molecule has 3 heteroatoms. The van der Waals surface area contributed by atoms with Crippen molar-refractivity contribution in [1.82, 2.24) is 10.6 Å². The van der Waals surface area contributed by atoms with Gasteiger partial charge in [-0.1, -0.05) is 18.6 Å². The molecule has 1 aliphatic heterocycles. The molecule has 0 saturated carbocycles. The number of carbonyl (C=O) groups excluding carboxylic acids is 1. The second-order valence-electron chi connectivity index (χ2n) is 4.50. The van der Waals surface area contributed by atoms with E-state index in [4.69, 9.17) is 0 Å². The van der Waals surface area contributed by atoms with E-state index in [9.17, 15) is 4.79 Å². The lowest BCUT2D eigenvalue weighted by molar-refractivity contribution is -0.118. The first-order chi connectivity index (χ1) is 6.66. The van der Waals surface area contributed by atoms with Crippen molar-refractivity contribution in [3.8, 4) is 0 Å². The van der Waals surface area contributed by atoms with Crippen molar-refractivity contribution in [2.75, 3.05) is 6.54 Å². The number of allylic oxidation sites excluding steroid dienone is 2. The van der Waals surface area contributed by atoms with Gasteiger partial charge in [-0.25, -0.2) is 0 Å². The topological polar surface area (TPSA) is 41.1 Å². The third-order valence-corrected chi connectivity index (χ3v) is 3.32. The van der Waals surface area contributed by atoms with Crippen molar-refractivity contribution >= 4 is 5.91 Å². The molecule has 0 aromatic rings. The van der Waals surface area contributed by atoms with Gasteiger partial charge in [0, 0.05) is 0 Å². The fourth-order valence-corrected chi connectivity index (χ4v) is 2.52. The SMILES string of the molecule is CC1=C[C@H](C)[C@H](C2NCC(=O)N2)CC1. The van der Waals surface area contributed by atoms with E-state index in [2.05, 4.69) is 30.6 Å². The van der Waals surface area contributed by atoms with E-state index in [1.165, 1.54) is 18.4 Å². The van der Waals surface area contributed by atoms with E-state index in [1.54, 1.807) is 0 Å². The Morgan fingerprint density at radius 3 is 2.86 bits per heavy atom. The Bertz CT molecular complexity index is 272. The van der Waals surface area contributed by atoms with Crippen molar-refractivity contribution in [1.29, 1.82) is 0 Å². The normalized spacial score (nSPS) is 38.0. The van der Waals surface area contributed by atoms with Crippen LogP contribution in [0.3, 0.4) is 0 Å². The quantitative estimate of drug-likeness (QED) is 0.612. The Balaban J connectivity index is 2.02. The van der Waals surface area contributed by atoms with Crippen LogP contribution in [0.4, 0.5) is 0 Å². The molecule has 1 saturated heterocycles. The predicted octanol–water partition coefficient (Wildman–Crippen LogP) is 1.02. The zero-order valence-corrected chi connectivity index (χ0v) is 8.84. The van der Waals surface area contributed by atoms with E-state index in [-0.39, 0.29) is 12.1 Å². The monoisotopic (exact) mass is 194 g/mol. The Kier molecular flexibility index (Phi) is 2.59. The van der Waals surface area contributed by atoms with E-state index in [0.29, 0.717) is 18.4 Å². The van der Waals surface area contributed by atoms with Crippen LogP contribution in [0.2, 0.25) is 0 Å². The van der Waals surface area contributed by atoms with Crippen molar-refractivity contribution in [2.24, 2.45) is 11.8 Å². The third kappa shape index (κ3) is 1.82. The average Bonchev–Trinajstić information content (AvgIpc) is 2.51. The molecule has 0 bridgehead atoms. The molecular weight excluding hydrogens is 176 g/mol. The highest BCUT2D eigenvalue weighted by Crippen LogP contribution is 2.30. The summed E-state index contributed by atoms with van der Waals surface area (Å²) in [6.07, 6.45) is 4.88. The van der Waals surface area contributed by atoms with Gasteiger partial charge in [0.15, 0.2) is 0 Å². The van der Waals surface area contributed by atoms with Gasteiger partial charge in [-0.2, -0.15) is 0 Å². The molecule has 3 nitrogen and oxygen atoms in total. The number of nitrogens with one attached hydrogen (secondary N) is 2. The summed E-state index contributed by atoms with van der Waals surface area (Å²) >= 11 is 0. The second kappa shape index (κ2) is 3.73. The van der Waals surface area contributed by atoms with Gasteiger partial charge in [-0.15, -0.1) is 0 Å². The second-order valence-corrected chi connectivity index (χ2v) is 4.50. The molecule has 78 valence electrons. The minimum atomic E-state index is 0.133. The Morgan fingerprint density at radius 1 is 1.50 bits per heavy atom. The third-order valence-electron chi connectivity index (χ3n) is 3.32. The molecule has 1 aliphatic carbocycles. The molecule has 2 N–H and O–H groups in total. The van der Waals surface area contributed by atoms with Crippen LogP contribution in [0.5, 0.6) is 0 Å². The lowest BCUT2D eigenvalue weighted by Crippen LogP contribution is -2.43. The molecule has 1 heterocycles. The van der Waals surface area contributed by atoms with E-state index in [0.717, 1.165) is 0 Å². The molecule has 0 radical (unpaired) electrons. The molecule has 1 unspecified atom stereocenters. The van der Waals surface area contributed by atoms with Gasteiger partial charge in [-0.05, 0) is 31.6 Å². The van der Waals surface area contributed by atoms with Crippen LogP contribution in [0.1, 0.15) is 26.7 Å². The molecule has 0 spiro atoms. The van der Waals surface area contributed by atoms with Gasteiger partial charge in [0.05, 0.1) is 12.7 Å². The number of hydrogen-bond donors (Lipinski definition) is 2. The van der Waals surface area contributed by atoms with Crippen molar-refractivity contribution in [2.45, 2.75) is 32.9 Å². The number of rotatable bonds is 1. The van der Waals surface area contributed by atoms with E-state index in [1.807, 2.05) is 0 Å². The van der Waals surface area contributed by atoms with Crippen LogP contribution in [-0.2, 0) is 4.79 Å². The maximum absolute atomic E-state index is 11.1. The maximum Gasteiger partial charge on any atom is 0.235 e. The van der Waals surface area contributed by atoms with Crippen LogP contribution < -0.4 is 10.6 Å². The first-order valence-corrected chi connectivity index (χ1v) is 5.37. The lowest BCUT2D eigenvalue weighted by atomic mass is 9.80. The summed E-state index contributed by atoms with van der Waals surface area (Å²) < 4.78 is 0. The highest BCUT2D eigenvalue weighted by atomic mass is 16.2. The zero-order valence-electron chi connectivity index (χ0n) is 8.84. The van der Waals surface area contributed by atoms with Crippen LogP contribution in [0.15, 0.2) is 11.6 Å². The van der Waals surface area contributed by atoms with Crippen LogP contribution in [0.25, 0.3) is 0 Å². The summed E-state index contributed by atoms with van der Waals surface area (Å²) in [5.41, 5.74) is 1.48. The van der Waals surface area contributed by atoms with Gasteiger partial charge in [0.25, 0.3) is 0 Å². The summed E-state index contributed by atoms with van der Waals surface area (Å²) in [6.45, 7) is 4.91. The van der Waals surface area contributed by atoms with Crippen LogP contribution >= 0.6 is 0 Å². The number of hydrogen-bond acceptors (Lipinski definition) is 2. The highest BCUT2D eigenvalue weighted by molar-refractivity contribution is 5.80. The summed E-state index contributed by atoms with van der Waals surface area (Å²) in [7, 11) is 0. The fourth-order valence-electron chi connectivity index (χ4n) is 2.52. The van der Waals surface area contributed by atoms with Gasteiger partial charge in [-0.3, -0.25) is 10.1 Å². The van der Waals surface area contributed by atoms with Crippen LogP contribution in [-0.4, -0.2) is 18.6 Å². The van der Waals surface area contributed by atoms with E-state index >= 15 is 0 Å². The van der Waals surface area contributed by atoms with Crippen molar-refractivity contribution in [3.63, 3.8) is 0 Å². The largest absolute Gasteiger partial charge is 0.339 e. The smallest absolute Gasteiger partial charge is 0.235 e. The summed E-state index contributed by atoms with van der Waals surface area (Å²) in [6, 6.07) is 0.